The molecule has 1 saturated heterocycles. The van der Waals surface area contributed by atoms with Crippen LogP contribution in [0, 0.1) is 5.92 Å². The molecular weight excluding hydrogens is 432 g/mol. The van der Waals surface area contributed by atoms with Crippen LogP contribution in [0.5, 0.6) is 11.5 Å². The molecule has 0 radical (unpaired) electrons. The van der Waals surface area contributed by atoms with E-state index in [0.29, 0.717) is 41.3 Å². The summed E-state index contributed by atoms with van der Waals surface area (Å²) in [7, 11) is 3.19. The van der Waals surface area contributed by atoms with Crippen molar-refractivity contribution in [1.29, 1.82) is 0 Å². The molecule has 0 bridgehead atoms. The van der Waals surface area contributed by atoms with Gasteiger partial charge >= 0.3 is 0 Å². The number of anilines is 1. The highest BCUT2D eigenvalue weighted by Gasteiger charge is 2.27. The van der Waals surface area contributed by atoms with Gasteiger partial charge in [0.25, 0.3) is 0 Å². The molecule has 168 valence electrons. The summed E-state index contributed by atoms with van der Waals surface area (Å²) in [5.41, 5.74) is 1.43. The number of aromatic nitrogens is 2. The normalized spacial score (nSPS) is 16.5. The molecule has 2 aromatic carbocycles. The van der Waals surface area contributed by atoms with Crippen LogP contribution in [0.15, 0.2) is 47.0 Å². The molecule has 1 N–H and O–H groups in total. The van der Waals surface area contributed by atoms with Crippen molar-refractivity contribution in [1.82, 2.24) is 15.0 Å². The molecule has 2 heterocycles. The largest absolute Gasteiger partial charge is 0.497 e. The highest BCUT2D eigenvalue weighted by Crippen LogP contribution is 2.29. The number of halogens is 1. The summed E-state index contributed by atoms with van der Waals surface area (Å²) in [4.78, 5) is 19.6. The number of methoxy groups -OCH3 is 2. The Kier molecular flexibility index (Phi) is 6.92. The van der Waals surface area contributed by atoms with E-state index in [0.717, 1.165) is 30.7 Å². The lowest BCUT2D eigenvalue weighted by molar-refractivity contribution is -0.121. The fraction of sp³-hybridized carbons (Fsp3) is 0.348. The molecule has 1 atom stereocenters. The Morgan fingerprint density at radius 2 is 2.03 bits per heavy atom. The number of likely N-dealkylation sites (tertiary alicyclic amines) is 1. The number of hydrogen-bond donors (Lipinski definition) is 1. The van der Waals surface area contributed by atoms with Crippen molar-refractivity contribution < 1.29 is 18.8 Å². The second-order valence-electron chi connectivity index (χ2n) is 7.65. The standard InChI is InChI=1S/C23H25ClN4O4/c1-30-18-8-5-15(6-9-18)22-26-21(32-27-22)14-28-11-3-4-16(13-28)23(29)25-19-12-17(24)7-10-20(19)31-2/h5-10,12,16H,3-4,11,13-14H2,1-2H3,(H,25,29). The Morgan fingerprint density at radius 3 is 2.78 bits per heavy atom. The summed E-state index contributed by atoms with van der Waals surface area (Å²) in [5.74, 6) is 2.18. The number of carbonyl (C=O) groups is 1. The molecule has 4 rings (SSSR count). The van der Waals surface area contributed by atoms with Crippen LogP contribution in [-0.2, 0) is 11.3 Å². The third-order valence-electron chi connectivity index (χ3n) is 5.47. The lowest BCUT2D eigenvalue weighted by atomic mass is 9.97. The predicted molar refractivity (Wildman–Crippen MR) is 121 cm³/mol. The fourth-order valence-electron chi connectivity index (χ4n) is 3.79. The van der Waals surface area contributed by atoms with Gasteiger partial charge in [0.1, 0.15) is 11.5 Å². The summed E-state index contributed by atoms with van der Waals surface area (Å²) in [6.07, 6.45) is 1.72. The quantitative estimate of drug-likeness (QED) is 0.568. The number of rotatable bonds is 7. The first-order valence-corrected chi connectivity index (χ1v) is 10.8. The molecule has 32 heavy (non-hydrogen) atoms. The number of ether oxygens (including phenoxy) is 2. The first-order chi connectivity index (χ1) is 15.6. The summed E-state index contributed by atoms with van der Waals surface area (Å²) >= 11 is 6.07. The second-order valence-corrected chi connectivity index (χ2v) is 8.08. The van der Waals surface area contributed by atoms with Crippen molar-refractivity contribution >= 4 is 23.2 Å². The first-order valence-electron chi connectivity index (χ1n) is 10.4. The summed E-state index contributed by atoms with van der Waals surface area (Å²) in [5, 5.41) is 7.58. The van der Waals surface area contributed by atoms with Gasteiger partial charge in [0.15, 0.2) is 0 Å². The zero-order valence-electron chi connectivity index (χ0n) is 18.0. The highest BCUT2D eigenvalue weighted by atomic mass is 35.5. The monoisotopic (exact) mass is 456 g/mol. The van der Waals surface area contributed by atoms with Gasteiger partial charge in [-0.3, -0.25) is 9.69 Å². The third-order valence-corrected chi connectivity index (χ3v) is 5.71. The third kappa shape index (κ3) is 5.20. The van der Waals surface area contributed by atoms with Crippen molar-refractivity contribution in [2.24, 2.45) is 5.92 Å². The van der Waals surface area contributed by atoms with Gasteiger partial charge in [0.2, 0.25) is 17.6 Å². The van der Waals surface area contributed by atoms with Gasteiger partial charge in [0.05, 0.1) is 32.4 Å². The van der Waals surface area contributed by atoms with Crippen molar-refractivity contribution in [3.05, 3.63) is 53.4 Å². The Bertz CT molecular complexity index is 1070. The molecule has 1 amide bonds. The number of hydrogen-bond acceptors (Lipinski definition) is 7. The fourth-order valence-corrected chi connectivity index (χ4v) is 3.97. The minimum atomic E-state index is -0.156. The Balaban J connectivity index is 1.37. The van der Waals surface area contributed by atoms with Crippen LogP contribution >= 0.6 is 11.6 Å². The van der Waals surface area contributed by atoms with Gasteiger partial charge in [-0.05, 0) is 61.9 Å². The molecular formula is C23H25ClN4O4. The number of nitrogens with zero attached hydrogens (tertiary/aromatic N) is 3. The van der Waals surface area contributed by atoms with Crippen LogP contribution < -0.4 is 14.8 Å². The van der Waals surface area contributed by atoms with Crippen molar-refractivity contribution in [3.8, 4) is 22.9 Å². The first kappa shape index (κ1) is 22.1. The van der Waals surface area contributed by atoms with Crippen molar-refractivity contribution in [3.63, 3.8) is 0 Å². The van der Waals surface area contributed by atoms with Crippen LogP contribution in [-0.4, -0.2) is 48.3 Å². The van der Waals surface area contributed by atoms with E-state index in [9.17, 15) is 4.79 Å². The van der Waals surface area contributed by atoms with Crippen LogP contribution in [0.4, 0.5) is 5.69 Å². The smallest absolute Gasteiger partial charge is 0.241 e. The molecule has 0 spiro atoms. The Labute approximate surface area is 191 Å². The van der Waals surface area contributed by atoms with Crippen LogP contribution in [0.3, 0.4) is 0 Å². The average molecular weight is 457 g/mol. The van der Waals surface area contributed by atoms with E-state index in [-0.39, 0.29) is 11.8 Å². The van der Waals surface area contributed by atoms with Crippen LogP contribution in [0.25, 0.3) is 11.4 Å². The van der Waals surface area contributed by atoms with Gasteiger partial charge in [0, 0.05) is 17.1 Å². The van der Waals surface area contributed by atoms with Gasteiger partial charge in [-0.25, -0.2) is 0 Å². The number of carbonyl (C=O) groups excluding carboxylic acids is 1. The minimum Gasteiger partial charge on any atom is -0.497 e. The number of amides is 1. The van der Waals surface area contributed by atoms with E-state index in [1.165, 1.54) is 0 Å². The summed E-state index contributed by atoms with van der Waals surface area (Å²) in [6.45, 7) is 1.97. The van der Waals surface area contributed by atoms with Crippen LogP contribution in [0.1, 0.15) is 18.7 Å². The molecule has 1 aromatic heterocycles. The molecule has 0 saturated carbocycles. The highest BCUT2D eigenvalue weighted by molar-refractivity contribution is 6.31. The van der Waals surface area contributed by atoms with E-state index in [1.807, 2.05) is 24.3 Å². The second kappa shape index (κ2) is 10.0. The van der Waals surface area contributed by atoms with E-state index in [1.54, 1.807) is 32.4 Å². The maximum atomic E-state index is 12.9. The maximum absolute atomic E-state index is 12.9. The molecule has 1 aliphatic heterocycles. The Morgan fingerprint density at radius 1 is 1.22 bits per heavy atom. The van der Waals surface area contributed by atoms with Gasteiger partial charge in [-0.1, -0.05) is 16.8 Å². The maximum Gasteiger partial charge on any atom is 0.241 e. The van der Waals surface area contributed by atoms with E-state index < -0.39 is 0 Å². The van der Waals surface area contributed by atoms with Crippen molar-refractivity contribution in [2.45, 2.75) is 19.4 Å². The van der Waals surface area contributed by atoms with Crippen molar-refractivity contribution in [2.75, 3.05) is 32.6 Å². The number of piperidine rings is 1. The number of nitrogens with one attached hydrogen (secondary N) is 1. The SMILES string of the molecule is COc1ccc(-c2noc(CN3CCCC(C(=O)Nc4cc(Cl)ccc4OC)C3)n2)cc1. The molecule has 1 unspecified atom stereocenters. The van der Waals surface area contributed by atoms with Crippen LogP contribution in [0.2, 0.25) is 5.02 Å². The zero-order chi connectivity index (χ0) is 22.5. The predicted octanol–water partition coefficient (Wildman–Crippen LogP) is 4.26. The zero-order valence-corrected chi connectivity index (χ0v) is 18.8. The van der Waals surface area contributed by atoms with Gasteiger partial charge in [-0.2, -0.15) is 4.98 Å². The molecule has 1 fully saturated rings. The molecule has 0 aliphatic carbocycles. The van der Waals surface area contributed by atoms with E-state index in [4.69, 9.17) is 25.6 Å². The van der Waals surface area contributed by atoms with E-state index >= 15 is 0 Å². The molecule has 9 heteroatoms. The average Bonchev–Trinajstić information content (AvgIpc) is 3.28. The van der Waals surface area contributed by atoms with E-state index in [2.05, 4.69) is 20.4 Å². The minimum absolute atomic E-state index is 0.0558. The van der Waals surface area contributed by atoms with Gasteiger partial charge in [-0.15, -0.1) is 0 Å². The summed E-state index contributed by atoms with van der Waals surface area (Å²) in [6, 6.07) is 12.6. The lowest BCUT2D eigenvalue weighted by Gasteiger charge is -2.31. The molecule has 8 nitrogen and oxygen atoms in total. The molecule has 1 aliphatic rings. The number of benzene rings is 2. The topological polar surface area (TPSA) is 89.7 Å². The van der Waals surface area contributed by atoms with Gasteiger partial charge < -0.3 is 19.3 Å². The lowest BCUT2D eigenvalue weighted by Crippen LogP contribution is -2.40. The Hall–Kier alpha value is -3.10. The summed E-state index contributed by atoms with van der Waals surface area (Å²) < 4.78 is 15.9. The molecule has 3 aromatic rings.